The van der Waals surface area contributed by atoms with Gasteiger partial charge in [-0.25, -0.2) is 14.8 Å². The van der Waals surface area contributed by atoms with Crippen molar-refractivity contribution in [1.29, 1.82) is 0 Å². The van der Waals surface area contributed by atoms with Crippen LogP contribution in [-0.2, 0) is 30.3 Å². The molecule has 97 heavy (non-hydrogen) atoms. The lowest BCUT2D eigenvalue weighted by Crippen LogP contribution is -2.59. The Balaban J connectivity index is 0.000000184. The van der Waals surface area contributed by atoms with Crippen molar-refractivity contribution >= 4 is 104 Å². The zero-order valence-corrected chi connectivity index (χ0v) is 61.4. The molecule has 0 unspecified atom stereocenters. The molecule has 6 N–H and O–H groups in total. The van der Waals surface area contributed by atoms with Gasteiger partial charge in [0.1, 0.15) is 33.0 Å². The third-order valence-electron chi connectivity index (χ3n) is 20.1. The van der Waals surface area contributed by atoms with Gasteiger partial charge in [-0.15, -0.1) is 0 Å². The molecule has 0 saturated carbocycles. The molecule has 4 aromatic rings. The minimum Gasteiger partial charge on any atom is -0.480 e. The molecule has 0 radical (unpaired) electrons. The van der Waals surface area contributed by atoms with Crippen LogP contribution in [-0.4, -0.2) is 208 Å². The molecule has 4 saturated heterocycles. The number of carboxylic acids is 1. The molecule has 25 heteroatoms. The second-order valence-electron chi connectivity index (χ2n) is 27.7. The van der Waals surface area contributed by atoms with Crippen LogP contribution in [0.15, 0.2) is 128 Å². The molecule has 8 aliphatic rings. The van der Waals surface area contributed by atoms with E-state index in [1.54, 1.807) is 4.90 Å². The molecular weight excluding hydrogens is 1350 g/mol. The highest BCUT2D eigenvalue weighted by atomic mass is 35.5. The smallest absolute Gasteiger partial charge is 0.326 e. The number of nitrogens with zero attached hydrogens (tertiary/aromatic N) is 9. The monoisotopic (exact) mass is 1440 g/mol. The van der Waals surface area contributed by atoms with E-state index in [1.165, 1.54) is 23.5 Å². The highest BCUT2D eigenvalue weighted by Crippen LogP contribution is 2.59. The first-order chi connectivity index (χ1) is 46.1. The average Bonchev–Trinajstić information content (AvgIpc) is 1.57. The molecule has 12 rings (SSSR count). The van der Waals surface area contributed by atoms with Gasteiger partial charge in [-0.3, -0.25) is 24.2 Å². The summed E-state index contributed by atoms with van der Waals surface area (Å²) in [6.45, 7) is 25.7. The van der Waals surface area contributed by atoms with Gasteiger partial charge < -0.3 is 55.3 Å². The normalized spacial score (nSPS) is 28.0. The van der Waals surface area contributed by atoms with Crippen LogP contribution in [0, 0.1) is 11.8 Å². The number of hydrogen-bond donors (Lipinski definition) is 6. The van der Waals surface area contributed by atoms with Gasteiger partial charge in [0.15, 0.2) is 10.3 Å². The summed E-state index contributed by atoms with van der Waals surface area (Å²) in [4.78, 5) is 80.4. The van der Waals surface area contributed by atoms with Crippen molar-refractivity contribution in [2.45, 2.75) is 167 Å². The van der Waals surface area contributed by atoms with Crippen molar-refractivity contribution in [2.75, 3.05) is 65.6 Å². The predicted molar refractivity (Wildman–Crippen MR) is 387 cm³/mol. The maximum absolute atomic E-state index is 14.7. The summed E-state index contributed by atoms with van der Waals surface area (Å²) in [6.07, 6.45) is 1.10. The number of carbonyl (C=O) groups excluding carboxylic acids is 3. The Bertz CT molecular complexity index is 3640. The Morgan fingerprint density at radius 3 is 1.33 bits per heavy atom. The van der Waals surface area contributed by atoms with Crippen LogP contribution in [0.4, 0.5) is 0 Å². The number of aliphatic hydroxyl groups excluding tert-OH is 4. The fraction of sp³-hybridized carbons (Fsp3) is 0.528. The number of benzene rings is 4. The van der Waals surface area contributed by atoms with E-state index in [0.29, 0.717) is 87.9 Å². The number of allylic oxidation sites excluding steroid dienone is 2. The summed E-state index contributed by atoms with van der Waals surface area (Å²) in [7, 11) is 0. The van der Waals surface area contributed by atoms with Crippen LogP contribution in [0.5, 0.6) is 0 Å². The number of carbonyl (C=O) groups is 4. The van der Waals surface area contributed by atoms with Crippen molar-refractivity contribution in [3.63, 3.8) is 0 Å². The third kappa shape index (κ3) is 15.5. The standard InChI is InChI=1S/C36H45Cl2N5O4S.C28H29Cl2N3O3S.C8H18N2O2/c1-21(2)30-31(34(47)42-22(3)6-15-29(42)33(46)41-17-16-40(23(4)18-41)19-28(45)20-44)48-35-39-36(5,25-9-13-27(38)14-10-25)32(43(30)35)24-7-11-26(37)12-8-24;1-15(2)22-23(25(34)32-16(3)5-14-21(32)26(35)36)37-27-31-28(4,18-8-12-20(30)13-9-18)24(33(22)27)17-6-10-19(29)11-7-17;1-7-4-9-2-3-10(7)5-8(12)6-11/h7-14,21-23,28-29,32,44-45H,6,15-20H2,1-5H3;6-13,15-16,21,24H,5,14H2,1-4H3,(H,35,36);7-9,11-12H,2-6H2,1H3/t22-,23+,28+,29+,32-,36+;16-,21+,24-,28+;7-,8-/m110/s1. The summed E-state index contributed by atoms with van der Waals surface area (Å²) in [5, 5.41) is 54.3. The number of thioether (sulfide) groups is 2. The molecule has 12 atom stereocenters. The first-order valence-electron chi connectivity index (χ1n) is 33.7. The maximum atomic E-state index is 14.7. The van der Waals surface area contributed by atoms with Crippen LogP contribution in [0.2, 0.25) is 20.1 Å². The minimum absolute atomic E-state index is 0.00165. The summed E-state index contributed by atoms with van der Waals surface area (Å²) in [6, 6.07) is 29.6. The molecule has 0 bridgehead atoms. The van der Waals surface area contributed by atoms with Crippen LogP contribution in [0.25, 0.3) is 0 Å². The molecule has 4 fully saturated rings. The van der Waals surface area contributed by atoms with Gasteiger partial charge in [0.2, 0.25) is 5.91 Å². The van der Waals surface area contributed by atoms with Gasteiger partial charge in [0.05, 0.1) is 37.5 Å². The van der Waals surface area contributed by atoms with Crippen molar-refractivity contribution in [2.24, 2.45) is 21.8 Å². The Kier molecular flexibility index (Phi) is 24.1. The molecule has 0 spiro atoms. The van der Waals surface area contributed by atoms with Crippen molar-refractivity contribution in [1.82, 2.24) is 39.6 Å². The Morgan fingerprint density at radius 1 is 0.557 bits per heavy atom. The molecule has 524 valence electrons. The number of amides is 3. The van der Waals surface area contributed by atoms with Gasteiger partial charge in [0, 0.05) is 108 Å². The number of aliphatic hydroxyl groups is 4. The average molecular weight is 1450 g/mol. The molecule has 3 amide bonds. The molecular formula is C72H92Cl4N10O9S2. The minimum atomic E-state index is -0.959. The number of β-amino-alcohol motifs (C(OH)–C–C–N with tert-alkyl or cyclic N) is 2. The number of piperazine rings is 2. The highest BCUT2D eigenvalue weighted by Gasteiger charge is 2.57. The number of halogens is 4. The lowest BCUT2D eigenvalue weighted by atomic mass is 9.81. The largest absolute Gasteiger partial charge is 0.480 e. The first kappa shape index (κ1) is 74.5. The molecule has 0 aromatic heterocycles. The Hall–Kier alpha value is -5.24. The van der Waals surface area contributed by atoms with Crippen LogP contribution < -0.4 is 5.32 Å². The van der Waals surface area contributed by atoms with E-state index in [0.717, 1.165) is 70.0 Å². The highest BCUT2D eigenvalue weighted by molar-refractivity contribution is 8.18. The van der Waals surface area contributed by atoms with E-state index >= 15 is 0 Å². The Labute approximate surface area is 598 Å². The number of rotatable bonds is 16. The summed E-state index contributed by atoms with van der Waals surface area (Å²) >= 11 is 27.8. The van der Waals surface area contributed by atoms with Gasteiger partial charge in [-0.2, -0.15) is 0 Å². The number of aliphatic imine (C=N–C) groups is 2. The van der Waals surface area contributed by atoms with Crippen molar-refractivity contribution in [3.8, 4) is 0 Å². The number of amidine groups is 2. The third-order valence-corrected chi connectivity index (χ3v) is 23.3. The van der Waals surface area contributed by atoms with E-state index in [2.05, 4.69) is 73.4 Å². The van der Waals surface area contributed by atoms with E-state index in [9.17, 15) is 39.6 Å². The molecule has 8 heterocycles. The SMILES string of the molecule is CC(C)C1=C(C(=O)N2[C@H](C)CC[C@H]2C(=O)N2CCN(C[C@H](O)CO)[C@@H](C)C2)SC2=N[C@@](C)(c3ccc(Cl)cc3)[C@@H](c3ccc(Cl)cc3)N21.CC(C)C1=C(C(=O)N2[C@H](C)CC[C@H]2C(=O)O)SC2=N[C@@](C)(c3ccc(Cl)cc3)[C@@H](c3ccc(Cl)cc3)N21.C[C@H]1CNCCN1C[C@H](O)CO. The fourth-order valence-electron chi connectivity index (χ4n) is 15.0. The quantitative estimate of drug-likeness (QED) is 0.0613. The van der Waals surface area contributed by atoms with Crippen molar-refractivity contribution < 1.29 is 44.7 Å². The van der Waals surface area contributed by atoms with E-state index in [4.69, 9.17) is 61.5 Å². The van der Waals surface area contributed by atoms with E-state index in [-0.39, 0.29) is 73.0 Å². The summed E-state index contributed by atoms with van der Waals surface area (Å²) in [5.41, 5.74) is 4.54. The van der Waals surface area contributed by atoms with Crippen LogP contribution in [0.1, 0.15) is 129 Å². The second-order valence-corrected chi connectivity index (χ2v) is 31.4. The predicted octanol–water partition coefficient (Wildman–Crippen LogP) is 10.8. The molecule has 0 aliphatic carbocycles. The van der Waals surface area contributed by atoms with Crippen LogP contribution >= 0.6 is 69.9 Å². The second kappa shape index (κ2) is 31.3. The van der Waals surface area contributed by atoms with E-state index < -0.39 is 41.3 Å². The number of fused-ring (bicyclic) bond motifs is 2. The molecule has 8 aliphatic heterocycles. The summed E-state index contributed by atoms with van der Waals surface area (Å²) in [5.74, 6) is -1.33. The maximum Gasteiger partial charge on any atom is 0.326 e. The van der Waals surface area contributed by atoms with Crippen molar-refractivity contribution in [3.05, 3.63) is 161 Å². The topological polar surface area (TPSA) is 229 Å². The lowest BCUT2D eigenvalue weighted by Gasteiger charge is -2.42. The first-order valence-corrected chi connectivity index (χ1v) is 36.8. The van der Waals surface area contributed by atoms with Gasteiger partial charge in [0.25, 0.3) is 11.8 Å². The number of likely N-dealkylation sites (tertiary alicyclic amines) is 2. The van der Waals surface area contributed by atoms with Gasteiger partial charge >= 0.3 is 5.97 Å². The van der Waals surface area contributed by atoms with Gasteiger partial charge in [-0.05, 0) is 173 Å². The molecule has 19 nitrogen and oxygen atoms in total. The number of nitrogens with one attached hydrogen (secondary N) is 1. The van der Waals surface area contributed by atoms with Crippen LogP contribution in [0.3, 0.4) is 0 Å². The van der Waals surface area contributed by atoms with E-state index in [1.807, 2.05) is 128 Å². The van der Waals surface area contributed by atoms with Gasteiger partial charge in [-0.1, -0.05) is 123 Å². The summed E-state index contributed by atoms with van der Waals surface area (Å²) < 4.78 is 0. The number of aliphatic carboxylic acids is 1. The zero-order chi connectivity index (χ0) is 70.1. The lowest BCUT2D eigenvalue weighted by molar-refractivity contribution is -0.147. The number of hydrogen-bond acceptors (Lipinski definition) is 17. The Morgan fingerprint density at radius 2 is 0.948 bits per heavy atom. The number of carboxylic acid groups (broad SMARTS) is 1. The zero-order valence-electron chi connectivity index (χ0n) is 56.8. The fourth-order valence-corrected chi connectivity index (χ4v) is 18.2. The molecule has 4 aromatic carbocycles.